The smallest absolute Gasteiger partial charge is 0.194 e. The lowest BCUT2D eigenvalue weighted by molar-refractivity contribution is -0.123. The van der Waals surface area contributed by atoms with Crippen molar-refractivity contribution >= 4 is 5.78 Å². The van der Waals surface area contributed by atoms with E-state index < -0.39 is 17.5 Å². The van der Waals surface area contributed by atoms with Crippen LogP contribution in [-0.2, 0) is 11.2 Å². The number of halogens is 3. The Morgan fingerprint density at radius 1 is 1.10 bits per heavy atom. The Hall–Kier alpha value is -1.36. The average Bonchev–Trinajstić information content (AvgIpc) is 2.74. The maximum absolute atomic E-state index is 13.1. The highest BCUT2D eigenvalue weighted by Gasteiger charge is 2.36. The summed E-state index contributed by atoms with van der Waals surface area (Å²) in [6.07, 6.45) is 3.74. The molecule has 108 valence electrons. The fourth-order valence-electron chi connectivity index (χ4n) is 3.38. The molecule has 2 nitrogen and oxygen atoms in total. The lowest BCUT2D eigenvalue weighted by Gasteiger charge is -2.28. The van der Waals surface area contributed by atoms with E-state index >= 15 is 0 Å². The molecule has 2 heterocycles. The van der Waals surface area contributed by atoms with Crippen molar-refractivity contribution in [3.8, 4) is 0 Å². The summed E-state index contributed by atoms with van der Waals surface area (Å²) in [4.78, 5) is 12.2. The Balaban J connectivity index is 1.70. The van der Waals surface area contributed by atoms with Crippen molar-refractivity contribution in [3.63, 3.8) is 0 Å². The van der Waals surface area contributed by atoms with Gasteiger partial charge in [-0.2, -0.15) is 0 Å². The number of hydrogen-bond acceptors (Lipinski definition) is 2. The molecule has 2 atom stereocenters. The SMILES string of the molecule is O=C(Cc1cc(F)c(F)c(F)c1)C1CC2CCC(C1)N2. The van der Waals surface area contributed by atoms with Crippen LogP contribution in [0.2, 0.25) is 0 Å². The third kappa shape index (κ3) is 2.59. The van der Waals surface area contributed by atoms with E-state index in [1.54, 1.807) is 0 Å². The van der Waals surface area contributed by atoms with E-state index in [1.165, 1.54) is 0 Å². The van der Waals surface area contributed by atoms with E-state index in [-0.39, 0.29) is 23.7 Å². The lowest BCUT2D eigenvalue weighted by Crippen LogP contribution is -2.40. The number of piperidine rings is 1. The van der Waals surface area contributed by atoms with Gasteiger partial charge in [0.2, 0.25) is 0 Å². The average molecular weight is 283 g/mol. The first-order valence-corrected chi connectivity index (χ1v) is 6.95. The van der Waals surface area contributed by atoms with Gasteiger partial charge in [0.15, 0.2) is 17.5 Å². The predicted octanol–water partition coefficient (Wildman–Crippen LogP) is 2.75. The largest absolute Gasteiger partial charge is 0.311 e. The molecule has 2 saturated heterocycles. The zero-order valence-corrected chi connectivity index (χ0v) is 11.0. The number of fused-ring (bicyclic) bond motifs is 2. The zero-order valence-electron chi connectivity index (χ0n) is 11.0. The molecule has 2 unspecified atom stereocenters. The molecule has 3 rings (SSSR count). The first kappa shape index (κ1) is 13.6. The summed E-state index contributed by atoms with van der Waals surface area (Å²) in [5.41, 5.74) is 0.206. The van der Waals surface area contributed by atoms with Crippen LogP contribution in [0.3, 0.4) is 0 Å². The van der Waals surface area contributed by atoms with Gasteiger partial charge in [-0.05, 0) is 43.4 Å². The fraction of sp³-hybridized carbons (Fsp3) is 0.533. The molecule has 0 aromatic heterocycles. The fourth-order valence-corrected chi connectivity index (χ4v) is 3.38. The highest BCUT2D eigenvalue weighted by atomic mass is 19.2. The van der Waals surface area contributed by atoms with Crippen molar-refractivity contribution in [3.05, 3.63) is 35.1 Å². The molecule has 20 heavy (non-hydrogen) atoms. The summed E-state index contributed by atoms with van der Waals surface area (Å²) < 4.78 is 39.1. The van der Waals surface area contributed by atoms with Crippen molar-refractivity contribution in [1.29, 1.82) is 0 Å². The molecule has 1 N–H and O–H groups in total. The van der Waals surface area contributed by atoms with Gasteiger partial charge in [-0.3, -0.25) is 4.79 Å². The molecule has 1 aromatic carbocycles. The van der Waals surface area contributed by atoms with Crippen LogP contribution in [0.15, 0.2) is 12.1 Å². The number of carbonyl (C=O) groups is 1. The normalized spacial score (nSPS) is 28.6. The first-order valence-electron chi connectivity index (χ1n) is 6.95. The number of nitrogens with one attached hydrogen (secondary N) is 1. The second kappa shape index (κ2) is 5.20. The first-order chi connectivity index (χ1) is 9.52. The summed E-state index contributed by atoms with van der Waals surface area (Å²) in [6.45, 7) is 0. The summed E-state index contributed by atoms with van der Waals surface area (Å²) in [6, 6.07) is 2.60. The molecule has 0 amide bonds. The van der Waals surface area contributed by atoms with E-state index in [1.807, 2.05) is 0 Å². The molecule has 0 spiro atoms. The minimum Gasteiger partial charge on any atom is -0.311 e. The molecule has 2 fully saturated rings. The molecule has 2 aliphatic heterocycles. The third-order valence-electron chi connectivity index (χ3n) is 4.35. The number of ketones is 1. The molecule has 2 bridgehead atoms. The molecular formula is C15H16F3NO. The Bertz CT molecular complexity index is 511. The topological polar surface area (TPSA) is 29.1 Å². The van der Waals surface area contributed by atoms with E-state index in [0.717, 1.165) is 37.8 Å². The van der Waals surface area contributed by atoms with Crippen LogP contribution in [-0.4, -0.2) is 17.9 Å². The van der Waals surface area contributed by atoms with Gasteiger partial charge >= 0.3 is 0 Å². The summed E-state index contributed by atoms with van der Waals surface area (Å²) in [7, 11) is 0. The van der Waals surface area contributed by atoms with Crippen LogP contribution >= 0.6 is 0 Å². The Morgan fingerprint density at radius 3 is 2.20 bits per heavy atom. The van der Waals surface area contributed by atoms with Gasteiger partial charge in [-0.1, -0.05) is 0 Å². The number of hydrogen-bond donors (Lipinski definition) is 1. The number of carbonyl (C=O) groups excluding carboxylic acids is 1. The van der Waals surface area contributed by atoms with Crippen LogP contribution in [0, 0.1) is 23.4 Å². The van der Waals surface area contributed by atoms with Gasteiger partial charge in [-0.25, -0.2) is 13.2 Å². The predicted molar refractivity (Wildman–Crippen MR) is 67.7 cm³/mol. The maximum Gasteiger partial charge on any atom is 0.194 e. The van der Waals surface area contributed by atoms with Crippen LogP contribution in [0.25, 0.3) is 0 Å². The molecular weight excluding hydrogens is 267 g/mol. The molecule has 0 aliphatic carbocycles. The van der Waals surface area contributed by atoms with Crippen molar-refractivity contribution in [2.45, 2.75) is 44.2 Å². The molecule has 0 saturated carbocycles. The van der Waals surface area contributed by atoms with Crippen molar-refractivity contribution < 1.29 is 18.0 Å². The maximum atomic E-state index is 13.1. The van der Waals surface area contributed by atoms with E-state index in [0.29, 0.717) is 12.1 Å². The number of Topliss-reactive ketones (excluding diaryl/α,β-unsaturated/α-hetero) is 1. The van der Waals surface area contributed by atoms with Crippen LogP contribution < -0.4 is 5.32 Å². The van der Waals surface area contributed by atoms with Crippen molar-refractivity contribution in [1.82, 2.24) is 5.32 Å². The van der Waals surface area contributed by atoms with Gasteiger partial charge in [0.25, 0.3) is 0 Å². The van der Waals surface area contributed by atoms with Crippen molar-refractivity contribution in [2.75, 3.05) is 0 Å². The molecule has 0 radical (unpaired) electrons. The minimum absolute atomic E-state index is 0.00573. The minimum atomic E-state index is -1.49. The quantitative estimate of drug-likeness (QED) is 0.864. The summed E-state index contributed by atoms with van der Waals surface area (Å²) in [5, 5.41) is 3.44. The van der Waals surface area contributed by atoms with Gasteiger partial charge in [-0.15, -0.1) is 0 Å². The Kier molecular flexibility index (Phi) is 3.54. The van der Waals surface area contributed by atoms with Gasteiger partial charge in [0, 0.05) is 24.4 Å². The monoisotopic (exact) mass is 283 g/mol. The van der Waals surface area contributed by atoms with Crippen molar-refractivity contribution in [2.24, 2.45) is 5.92 Å². The highest BCUT2D eigenvalue weighted by Crippen LogP contribution is 2.32. The highest BCUT2D eigenvalue weighted by molar-refractivity contribution is 5.83. The number of benzene rings is 1. The Morgan fingerprint density at radius 2 is 1.65 bits per heavy atom. The zero-order chi connectivity index (χ0) is 14.3. The summed E-state index contributed by atoms with van der Waals surface area (Å²) >= 11 is 0. The second-order valence-electron chi connectivity index (χ2n) is 5.82. The second-order valence-corrected chi connectivity index (χ2v) is 5.82. The molecule has 1 aromatic rings. The van der Waals surface area contributed by atoms with E-state index in [9.17, 15) is 18.0 Å². The lowest BCUT2D eigenvalue weighted by atomic mass is 9.86. The van der Waals surface area contributed by atoms with Gasteiger partial charge in [0.1, 0.15) is 5.78 Å². The standard InChI is InChI=1S/C15H16F3NO/c16-12-3-8(4-13(17)15(12)18)5-14(20)9-6-10-1-2-11(7-9)19-10/h3-4,9-11,19H,1-2,5-7H2. The summed E-state index contributed by atoms with van der Waals surface area (Å²) in [5.74, 6) is -4.02. The van der Waals surface area contributed by atoms with Gasteiger partial charge in [0.05, 0.1) is 0 Å². The van der Waals surface area contributed by atoms with E-state index in [4.69, 9.17) is 0 Å². The Labute approximate surface area is 115 Å². The molecule has 5 heteroatoms. The van der Waals surface area contributed by atoms with Crippen LogP contribution in [0.1, 0.15) is 31.2 Å². The van der Waals surface area contributed by atoms with Crippen LogP contribution in [0.5, 0.6) is 0 Å². The molecule has 2 aliphatic rings. The van der Waals surface area contributed by atoms with Gasteiger partial charge < -0.3 is 5.32 Å². The number of rotatable bonds is 3. The third-order valence-corrected chi connectivity index (χ3v) is 4.35. The van der Waals surface area contributed by atoms with E-state index in [2.05, 4.69) is 5.32 Å². The van der Waals surface area contributed by atoms with Crippen LogP contribution in [0.4, 0.5) is 13.2 Å².